The number of aliphatic hydroxyl groups is 1. The van der Waals surface area contributed by atoms with E-state index < -0.39 is 0 Å². The van der Waals surface area contributed by atoms with E-state index >= 15 is 0 Å². The second-order valence-corrected chi connectivity index (χ2v) is 6.35. The molecule has 3 nitrogen and oxygen atoms in total. The van der Waals surface area contributed by atoms with E-state index in [0.717, 1.165) is 25.4 Å². The maximum Gasteiger partial charge on any atom is 0.0774 e. The Morgan fingerprint density at radius 3 is 2.59 bits per heavy atom. The van der Waals surface area contributed by atoms with Gasteiger partial charge in [0.1, 0.15) is 0 Å². The predicted molar refractivity (Wildman–Crippen MR) is 69.1 cm³/mol. The van der Waals surface area contributed by atoms with Gasteiger partial charge in [-0.1, -0.05) is 12.8 Å². The number of β-amino-alcohol motifs (C(OH)–C–C–N with tert-alkyl or cyclic N) is 1. The first kappa shape index (κ1) is 11.9. The summed E-state index contributed by atoms with van der Waals surface area (Å²) in [7, 11) is 0. The number of fused-ring (bicyclic) bond motifs is 1. The molecule has 3 rings (SSSR count). The zero-order valence-corrected chi connectivity index (χ0v) is 10.9. The topological polar surface area (TPSA) is 26.7 Å². The van der Waals surface area contributed by atoms with Crippen molar-refractivity contribution in [3.8, 4) is 0 Å². The van der Waals surface area contributed by atoms with E-state index in [0.29, 0.717) is 0 Å². The summed E-state index contributed by atoms with van der Waals surface area (Å²) < 4.78 is 0. The van der Waals surface area contributed by atoms with Gasteiger partial charge in [0.25, 0.3) is 0 Å². The molecule has 3 aliphatic rings. The molecule has 1 unspecified atom stereocenters. The highest BCUT2D eigenvalue weighted by molar-refractivity contribution is 4.91. The molecule has 0 aromatic rings. The minimum absolute atomic E-state index is 0.353. The second kappa shape index (κ2) is 4.87. The minimum Gasteiger partial charge on any atom is -0.389 e. The summed E-state index contributed by atoms with van der Waals surface area (Å²) in [4.78, 5) is 5.21. The number of nitrogens with zero attached hydrogens (tertiary/aromatic N) is 2. The van der Waals surface area contributed by atoms with Gasteiger partial charge in [0.2, 0.25) is 0 Å². The number of rotatable bonds is 2. The van der Waals surface area contributed by atoms with E-state index in [9.17, 15) is 5.11 Å². The van der Waals surface area contributed by atoms with Crippen molar-refractivity contribution in [2.75, 3.05) is 32.7 Å². The molecule has 0 aromatic heterocycles. The van der Waals surface area contributed by atoms with E-state index in [1.807, 2.05) is 0 Å². The van der Waals surface area contributed by atoms with Crippen LogP contribution in [0.4, 0.5) is 0 Å². The largest absolute Gasteiger partial charge is 0.389 e. The maximum absolute atomic E-state index is 10.5. The molecule has 1 aliphatic carbocycles. The number of hydrogen-bond donors (Lipinski definition) is 1. The van der Waals surface area contributed by atoms with Gasteiger partial charge < -0.3 is 5.11 Å². The van der Waals surface area contributed by atoms with Crippen molar-refractivity contribution in [1.29, 1.82) is 0 Å². The normalized spacial score (nSPS) is 34.8. The quantitative estimate of drug-likeness (QED) is 0.789. The Labute approximate surface area is 105 Å². The van der Waals surface area contributed by atoms with Gasteiger partial charge in [-0.2, -0.15) is 0 Å². The summed E-state index contributed by atoms with van der Waals surface area (Å²) in [6.45, 7) is 5.90. The van der Waals surface area contributed by atoms with Crippen LogP contribution < -0.4 is 0 Å². The van der Waals surface area contributed by atoms with Crippen molar-refractivity contribution in [3.63, 3.8) is 0 Å². The molecule has 2 aliphatic heterocycles. The Hall–Kier alpha value is -0.120. The van der Waals surface area contributed by atoms with Crippen LogP contribution in [0.5, 0.6) is 0 Å². The maximum atomic E-state index is 10.5. The minimum atomic E-state index is -0.353. The van der Waals surface area contributed by atoms with Gasteiger partial charge in [-0.05, 0) is 51.7 Å². The molecule has 2 saturated heterocycles. The molecular formula is C14H26N2O. The standard InChI is InChI=1S/C14H26N2O/c17-14(6-1-2-7-14)12-15-8-4-10-16-9-3-5-13(16)11-15/h13,17H,1-12H2. The van der Waals surface area contributed by atoms with Crippen molar-refractivity contribution >= 4 is 0 Å². The van der Waals surface area contributed by atoms with Gasteiger partial charge in [0.05, 0.1) is 5.60 Å². The Morgan fingerprint density at radius 1 is 1.00 bits per heavy atom. The monoisotopic (exact) mass is 238 g/mol. The summed E-state index contributed by atoms with van der Waals surface area (Å²) >= 11 is 0. The second-order valence-electron chi connectivity index (χ2n) is 6.35. The third-order valence-corrected chi connectivity index (χ3v) is 4.94. The Kier molecular flexibility index (Phi) is 3.42. The lowest BCUT2D eigenvalue weighted by atomic mass is 10.0. The molecule has 3 heteroatoms. The lowest BCUT2D eigenvalue weighted by Gasteiger charge is -2.32. The van der Waals surface area contributed by atoms with Crippen LogP contribution in [0.15, 0.2) is 0 Å². The van der Waals surface area contributed by atoms with Crippen LogP contribution in [-0.2, 0) is 0 Å². The molecule has 3 fully saturated rings. The van der Waals surface area contributed by atoms with Crippen molar-refractivity contribution < 1.29 is 5.11 Å². The Morgan fingerprint density at radius 2 is 1.76 bits per heavy atom. The van der Waals surface area contributed by atoms with E-state index in [1.54, 1.807) is 0 Å². The van der Waals surface area contributed by atoms with Crippen molar-refractivity contribution in [3.05, 3.63) is 0 Å². The first-order valence-corrected chi connectivity index (χ1v) is 7.44. The molecule has 98 valence electrons. The molecule has 17 heavy (non-hydrogen) atoms. The van der Waals surface area contributed by atoms with Crippen LogP contribution in [0.3, 0.4) is 0 Å². The fourth-order valence-corrected chi connectivity index (χ4v) is 4.03. The molecule has 2 heterocycles. The zero-order valence-electron chi connectivity index (χ0n) is 10.9. The van der Waals surface area contributed by atoms with Crippen LogP contribution in [-0.4, -0.2) is 59.3 Å². The highest BCUT2D eigenvalue weighted by Crippen LogP contribution is 2.31. The van der Waals surface area contributed by atoms with E-state index in [4.69, 9.17) is 0 Å². The Bertz CT molecular complexity index is 263. The van der Waals surface area contributed by atoms with E-state index in [1.165, 1.54) is 58.3 Å². The number of hydrogen-bond acceptors (Lipinski definition) is 3. The van der Waals surface area contributed by atoms with Crippen molar-refractivity contribution in [1.82, 2.24) is 9.80 Å². The van der Waals surface area contributed by atoms with Crippen LogP contribution in [0.2, 0.25) is 0 Å². The zero-order chi connectivity index (χ0) is 11.7. The molecule has 0 amide bonds. The first-order valence-electron chi connectivity index (χ1n) is 7.44. The highest BCUT2D eigenvalue weighted by Gasteiger charge is 2.35. The van der Waals surface area contributed by atoms with Gasteiger partial charge in [-0.25, -0.2) is 0 Å². The summed E-state index contributed by atoms with van der Waals surface area (Å²) in [5.74, 6) is 0. The van der Waals surface area contributed by atoms with Crippen molar-refractivity contribution in [2.24, 2.45) is 0 Å². The summed E-state index contributed by atoms with van der Waals surface area (Å²) in [5, 5.41) is 10.5. The van der Waals surface area contributed by atoms with E-state index in [-0.39, 0.29) is 5.60 Å². The molecule has 1 saturated carbocycles. The molecule has 1 N–H and O–H groups in total. The Balaban J connectivity index is 1.59. The molecule has 0 aromatic carbocycles. The lowest BCUT2D eigenvalue weighted by Crippen LogP contribution is -2.44. The average Bonchev–Trinajstić information content (AvgIpc) is 2.85. The van der Waals surface area contributed by atoms with Crippen LogP contribution in [0, 0.1) is 0 Å². The fourth-order valence-electron chi connectivity index (χ4n) is 4.03. The van der Waals surface area contributed by atoms with Crippen LogP contribution >= 0.6 is 0 Å². The third-order valence-electron chi connectivity index (χ3n) is 4.94. The SMILES string of the molecule is OC1(CN2CCCN3CCCC3C2)CCCC1. The molecule has 1 atom stereocenters. The van der Waals surface area contributed by atoms with E-state index in [2.05, 4.69) is 9.80 Å². The van der Waals surface area contributed by atoms with Crippen LogP contribution in [0.1, 0.15) is 44.9 Å². The van der Waals surface area contributed by atoms with Crippen molar-refractivity contribution in [2.45, 2.75) is 56.6 Å². The molecule has 0 radical (unpaired) electrons. The third kappa shape index (κ3) is 2.67. The molecular weight excluding hydrogens is 212 g/mol. The summed E-state index contributed by atoms with van der Waals surface area (Å²) in [6, 6.07) is 0.780. The van der Waals surface area contributed by atoms with Crippen LogP contribution in [0.25, 0.3) is 0 Å². The summed E-state index contributed by atoms with van der Waals surface area (Å²) in [6.07, 6.45) is 8.53. The van der Waals surface area contributed by atoms with Gasteiger partial charge in [-0.3, -0.25) is 9.80 Å². The first-order chi connectivity index (χ1) is 8.25. The van der Waals surface area contributed by atoms with Gasteiger partial charge >= 0.3 is 0 Å². The predicted octanol–water partition coefficient (Wildman–Crippen LogP) is 1.46. The van der Waals surface area contributed by atoms with Gasteiger partial charge in [0, 0.05) is 19.1 Å². The lowest BCUT2D eigenvalue weighted by molar-refractivity contribution is 0.00795. The average molecular weight is 238 g/mol. The fraction of sp³-hybridized carbons (Fsp3) is 1.00. The highest BCUT2D eigenvalue weighted by atomic mass is 16.3. The molecule has 0 spiro atoms. The van der Waals surface area contributed by atoms with Gasteiger partial charge in [-0.15, -0.1) is 0 Å². The smallest absolute Gasteiger partial charge is 0.0774 e. The summed E-state index contributed by atoms with van der Waals surface area (Å²) in [5.41, 5.74) is -0.353. The van der Waals surface area contributed by atoms with Gasteiger partial charge in [0.15, 0.2) is 0 Å². The molecule has 0 bridgehead atoms.